The summed E-state index contributed by atoms with van der Waals surface area (Å²) in [5.41, 5.74) is 8.87. The molecule has 0 aliphatic carbocycles. The van der Waals surface area contributed by atoms with Crippen LogP contribution in [0, 0.1) is 0 Å². The number of benzene rings is 1. The van der Waals surface area contributed by atoms with Crippen LogP contribution in [-0.2, 0) is 16.8 Å². The lowest BCUT2D eigenvalue weighted by Gasteiger charge is -2.19. The summed E-state index contributed by atoms with van der Waals surface area (Å²) in [4.78, 5) is 22.7. The van der Waals surface area contributed by atoms with Crippen LogP contribution in [0.3, 0.4) is 0 Å². The molecule has 1 unspecified atom stereocenters. The van der Waals surface area contributed by atoms with Gasteiger partial charge in [0.2, 0.25) is 0 Å². The van der Waals surface area contributed by atoms with Gasteiger partial charge in [-0.3, -0.25) is 19.3 Å². The van der Waals surface area contributed by atoms with E-state index in [-0.39, 0.29) is 11.9 Å². The van der Waals surface area contributed by atoms with Crippen LogP contribution < -0.4 is 11.1 Å². The van der Waals surface area contributed by atoms with E-state index in [1.165, 1.54) is 12.5 Å². The lowest BCUT2D eigenvalue weighted by atomic mass is 10.0. The first-order chi connectivity index (χ1) is 14.2. The van der Waals surface area contributed by atoms with E-state index in [0.29, 0.717) is 30.6 Å². The second kappa shape index (κ2) is 8.50. The van der Waals surface area contributed by atoms with Gasteiger partial charge in [0.15, 0.2) is 0 Å². The summed E-state index contributed by atoms with van der Waals surface area (Å²) < 4.78 is 2.79. The van der Waals surface area contributed by atoms with Gasteiger partial charge in [-0.2, -0.15) is 5.10 Å². The Kier molecular flexibility index (Phi) is 5.64. The number of nitrogens with zero attached hydrogens (tertiary/aromatic N) is 2. The van der Waals surface area contributed by atoms with Gasteiger partial charge in [0.25, 0.3) is 5.91 Å². The molecule has 1 amide bonds. The molecular weight excluding hydrogens is 388 g/mol. The van der Waals surface area contributed by atoms with Gasteiger partial charge in [-0.15, -0.1) is 11.3 Å². The number of hydrogen-bond donors (Lipinski definition) is 2. The minimum Gasteiger partial charge on any atom is -0.349 e. The van der Waals surface area contributed by atoms with Gasteiger partial charge in [0.05, 0.1) is 5.56 Å². The fraction of sp³-hybridized carbons (Fsp3) is 0.238. The molecule has 1 atom stereocenters. The molecule has 3 heterocycles. The number of amides is 1. The second-order valence-electron chi connectivity index (χ2n) is 6.85. The van der Waals surface area contributed by atoms with Crippen molar-refractivity contribution in [2.45, 2.75) is 18.9 Å². The van der Waals surface area contributed by atoms with Crippen LogP contribution >= 0.6 is 11.3 Å². The lowest BCUT2D eigenvalue weighted by molar-refractivity contribution is -0.199. The van der Waals surface area contributed by atoms with E-state index in [4.69, 9.17) is 15.5 Å². The fourth-order valence-corrected chi connectivity index (χ4v) is 4.31. The number of aromatic nitrogens is 2. The van der Waals surface area contributed by atoms with Crippen molar-refractivity contribution < 1.29 is 14.6 Å². The maximum atomic E-state index is 13.2. The van der Waals surface area contributed by atoms with Gasteiger partial charge in [-0.05, 0) is 47.9 Å². The number of nitrogens with one attached hydrogen (secondary N) is 1. The number of thiophene rings is 1. The zero-order chi connectivity index (χ0) is 20.2. The molecule has 0 fully saturated rings. The second-order valence-corrected chi connectivity index (χ2v) is 7.77. The Hall–Kier alpha value is -3.10. The average molecular weight is 410 g/mol. The third-order valence-electron chi connectivity index (χ3n) is 4.73. The zero-order valence-corrected chi connectivity index (χ0v) is 16.8. The molecule has 3 aromatic rings. The Bertz CT molecular complexity index is 1080. The normalized spacial score (nSPS) is 14.2. The van der Waals surface area contributed by atoms with Crippen LogP contribution in [0.15, 0.2) is 60.0 Å². The number of aryl methyl sites for hydroxylation is 1. The molecule has 2 aromatic heterocycles. The Labute approximate surface area is 172 Å². The van der Waals surface area contributed by atoms with Crippen molar-refractivity contribution in [3.63, 3.8) is 0 Å². The van der Waals surface area contributed by atoms with Crippen molar-refractivity contribution in [3.05, 3.63) is 65.6 Å². The predicted octanol–water partition coefficient (Wildman–Crippen LogP) is 3.50. The minimum absolute atomic E-state index is 0.129. The zero-order valence-electron chi connectivity index (χ0n) is 16.0. The van der Waals surface area contributed by atoms with E-state index in [0.717, 1.165) is 21.2 Å². The smallest absolute Gasteiger partial charge is 0.255 e. The summed E-state index contributed by atoms with van der Waals surface area (Å²) in [6.07, 6.45) is 7.81. The number of hydrogen-bond acceptors (Lipinski definition) is 6. The van der Waals surface area contributed by atoms with Gasteiger partial charge >= 0.3 is 0 Å². The summed E-state index contributed by atoms with van der Waals surface area (Å²) >= 11 is 1.65. The van der Waals surface area contributed by atoms with Crippen LogP contribution in [0.4, 0.5) is 0 Å². The highest BCUT2D eigenvalue weighted by molar-refractivity contribution is 7.17. The largest absolute Gasteiger partial charge is 0.349 e. The van der Waals surface area contributed by atoms with Crippen molar-refractivity contribution in [3.8, 4) is 11.3 Å². The highest BCUT2D eigenvalue weighted by atomic mass is 32.1. The maximum absolute atomic E-state index is 13.2. The molecule has 8 heteroatoms. The molecule has 0 saturated carbocycles. The third-order valence-corrected chi connectivity index (χ3v) is 5.70. The first kappa shape index (κ1) is 19.2. The quantitative estimate of drug-likeness (QED) is 0.582. The highest BCUT2D eigenvalue weighted by Gasteiger charge is 2.22. The number of fused-ring (bicyclic) bond motifs is 1. The van der Waals surface area contributed by atoms with Crippen LogP contribution in [0.1, 0.15) is 23.2 Å². The van der Waals surface area contributed by atoms with Crippen LogP contribution in [0.5, 0.6) is 0 Å². The van der Waals surface area contributed by atoms with Crippen molar-refractivity contribution in [1.29, 1.82) is 0 Å². The van der Waals surface area contributed by atoms with Crippen LogP contribution in [-0.4, -0.2) is 28.3 Å². The Morgan fingerprint density at radius 1 is 1.34 bits per heavy atom. The molecule has 7 nitrogen and oxygen atoms in total. The number of allylic oxidation sites excluding steroid dienone is 1. The van der Waals surface area contributed by atoms with E-state index in [1.807, 2.05) is 30.6 Å². The molecule has 0 radical (unpaired) electrons. The number of carbonyl (C=O) groups is 1. The predicted molar refractivity (Wildman–Crippen MR) is 113 cm³/mol. The van der Waals surface area contributed by atoms with E-state index in [9.17, 15) is 4.79 Å². The molecule has 4 rings (SSSR count). The molecule has 0 bridgehead atoms. The third kappa shape index (κ3) is 4.18. The van der Waals surface area contributed by atoms with Gasteiger partial charge in [0, 0.05) is 29.5 Å². The molecular formula is C21H22N4O3S. The van der Waals surface area contributed by atoms with Gasteiger partial charge in [-0.25, -0.2) is 0 Å². The monoisotopic (exact) mass is 410 g/mol. The Morgan fingerprint density at radius 3 is 3.03 bits per heavy atom. The number of rotatable bonds is 7. The Balaban J connectivity index is 1.61. The van der Waals surface area contributed by atoms with Crippen LogP contribution in [0.2, 0.25) is 0 Å². The molecule has 29 heavy (non-hydrogen) atoms. The topological polar surface area (TPSA) is 91.4 Å². The van der Waals surface area contributed by atoms with E-state index in [1.54, 1.807) is 22.2 Å². The van der Waals surface area contributed by atoms with Crippen molar-refractivity contribution >= 4 is 27.3 Å². The average Bonchev–Trinajstić information content (AvgIpc) is 3.35. The summed E-state index contributed by atoms with van der Waals surface area (Å²) in [6.45, 7) is 0.466. The lowest BCUT2D eigenvalue weighted by Crippen LogP contribution is -2.36. The molecule has 1 aromatic carbocycles. The van der Waals surface area contributed by atoms with Crippen LogP contribution in [0.25, 0.3) is 21.3 Å². The minimum atomic E-state index is -0.169. The SMILES string of the molecule is Cn1cc(C(=O)NC(CCN)CC2=COOC=C2)c(-c2cccc3ccsc23)n1. The van der Waals surface area contributed by atoms with E-state index in [2.05, 4.69) is 22.5 Å². The first-order valence-corrected chi connectivity index (χ1v) is 10.2. The molecule has 1 aliphatic heterocycles. The molecule has 1 aliphatic rings. The molecule has 150 valence electrons. The standard InChI is InChI=1S/C21H22N4O3S/c1-25-12-18(19(24-25)17-4-2-3-15-7-10-29-20(15)17)21(26)23-16(5-8-22)11-14-6-9-27-28-13-14/h2-4,6-7,9-10,12-13,16H,5,8,11,22H2,1H3,(H,23,26). The summed E-state index contributed by atoms with van der Waals surface area (Å²) in [5, 5.41) is 10.9. The van der Waals surface area contributed by atoms with Crippen molar-refractivity contribution in [2.75, 3.05) is 6.54 Å². The first-order valence-electron chi connectivity index (χ1n) is 9.34. The molecule has 0 saturated heterocycles. The van der Waals surface area contributed by atoms with Crippen molar-refractivity contribution in [1.82, 2.24) is 15.1 Å². The van der Waals surface area contributed by atoms with Gasteiger partial charge in [-0.1, -0.05) is 18.2 Å². The number of carbonyl (C=O) groups excluding carboxylic acids is 1. The maximum Gasteiger partial charge on any atom is 0.255 e. The molecule has 3 N–H and O–H groups in total. The Morgan fingerprint density at radius 2 is 2.24 bits per heavy atom. The fourth-order valence-electron chi connectivity index (χ4n) is 3.40. The summed E-state index contributed by atoms with van der Waals surface area (Å²) in [5.74, 6) is -0.169. The molecule has 0 spiro atoms. The number of nitrogens with two attached hydrogens (primary N) is 1. The highest BCUT2D eigenvalue weighted by Crippen LogP contribution is 2.33. The summed E-state index contributed by atoms with van der Waals surface area (Å²) in [6, 6.07) is 8.00. The van der Waals surface area contributed by atoms with E-state index < -0.39 is 0 Å². The van der Waals surface area contributed by atoms with Gasteiger partial charge < -0.3 is 11.1 Å². The van der Waals surface area contributed by atoms with E-state index >= 15 is 0 Å². The summed E-state index contributed by atoms with van der Waals surface area (Å²) in [7, 11) is 1.82. The van der Waals surface area contributed by atoms with Gasteiger partial charge in [0.1, 0.15) is 18.2 Å². The van der Waals surface area contributed by atoms with Crippen molar-refractivity contribution in [2.24, 2.45) is 12.8 Å².